The predicted octanol–water partition coefficient (Wildman–Crippen LogP) is 1.85. The van der Waals surface area contributed by atoms with E-state index in [0.29, 0.717) is 30.2 Å². The maximum absolute atomic E-state index is 11.6. The van der Waals surface area contributed by atoms with Gasteiger partial charge in [0.25, 0.3) is 11.8 Å². The zero-order valence-corrected chi connectivity index (χ0v) is 16.7. The molecule has 0 saturated heterocycles. The van der Waals surface area contributed by atoms with Gasteiger partial charge >= 0.3 is 5.97 Å². The van der Waals surface area contributed by atoms with Gasteiger partial charge in [0.1, 0.15) is 18.2 Å². The van der Waals surface area contributed by atoms with Crippen molar-refractivity contribution in [2.75, 3.05) is 13.7 Å². The lowest BCUT2D eigenvalue weighted by molar-refractivity contribution is 0.0535. The van der Waals surface area contributed by atoms with Crippen LogP contribution in [-0.2, 0) is 24.3 Å². The average molecular weight is 404 g/mol. The Balaban J connectivity index is 1.33. The van der Waals surface area contributed by atoms with E-state index in [9.17, 15) is 4.79 Å². The lowest BCUT2D eigenvalue weighted by atomic mass is 9.97. The van der Waals surface area contributed by atoms with Crippen molar-refractivity contribution in [2.24, 2.45) is 0 Å². The summed E-state index contributed by atoms with van der Waals surface area (Å²) >= 11 is 0. The number of cyclic esters (lactones) is 1. The molecule has 0 fully saturated rings. The van der Waals surface area contributed by atoms with Crippen LogP contribution in [0, 0.1) is 18.3 Å². The highest BCUT2D eigenvalue weighted by atomic mass is 16.5. The van der Waals surface area contributed by atoms with Crippen molar-refractivity contribution in [3.63, 3.8) is 0 Å². The first-order chi connectivity index (χ1) is 14.6. The summed E-state index contributed by atoms with van der Waals surface area (Å²) in [5.41, 5.74) is 5.26. The number of nitriles is 1. The summed E-state index contributed by atoms with van der Waals surface area (Å²) in [7, 11) is 1.46. The molecule has 1 N–H and O–H groups in total. The first-order valence-corrected chi connectivity index (χ1v) is 9.45. The molecule has 2 aromatic heterocycles. The molecule has 9 heteroatoms. The Kier molecular flexibility index (Phi) is 5.41. The van der Waals surface area contributed by atoms with Gasteiger partial charge in [-0.3, -0.25) is 0 Å². The van der Waals surface area contributed by atoms with Crippen molar-refractivity contribution >= 4 is 5.97 Å². The quantitative estimate of drug-likeness (QED) is 0.469. The van der Waals surface area contributed by atoms with Crippen LogP contribution in [-0.4, -0.2) is 39.4 Å². The van der Waals surface area contributed by atoms with Crippen LogP contribution in [0.15, 0.2) is 30.7 Å². The van der Waals surface area contributed by atoms with E-state index < -0.39 is 0 Å². The van der Waals surface area contributed by atoms with Crippen molar-refractivity contribution in [2.45, 2.75) is 26.5 Å². The summed E-state index contributed by atoms with van der Waals surface area (Å²) in [6.07, 6.45) is 5.82. The van der Waals surface area contributed by atoms with Crippen LogP contribution in [0.25, 0.3) is 5.95 Å². The van der Waals surface area contributed by atoms with Crippen molar-refractivity contribution in [3.05, 3.63) is 64.1 Å². The van der Waals surface area contributed by atoms with E-state index in [0.717, 1.165) is 29.7 Å². The van der Waals surface area contributed by atoms with Crippen molar-refractivity contribution in [1.82, 2.24) is 25.1 Å². The van der Waals surface area contributed by atoms with E-state index >= 15 is 0 Å². The maximum atomic E-state index is 11.6. The normalized spacial score (nSPS) is 12.4. The first kappa shape index (κ1) is 19.5. The van der Waals surface area contributed by atoms with Gasteiger partial charge in [0, 0.05) is 30.1 Å². The molecule has 0 amide bonds. The third-order valence-corrected chi connectivity index (χ3v) is 5.07. The number of aromatic nitrogens is 4. The van der Waals surface area contributed by atoms with Crippen molar-refractivity contribution in [3.8, 4) is 17.9 Å². The predicted molar refractivity (Wildman–Crippen MR) is 106 cm³/mol. The number of methoxy groups -OCH3 is 1. The number of fused-ring (bicyclic) bond motifs is 1. The Labute approximate surface area is 173 Å². The molecule has 1 aliphatic rings. The summed E-state index contributed by atoms with van der Waals surface area (Å²) in [4.78, 5) is 20.3. The second kappa shape index (κ2) is 8.31. The number of nitrogens with zero attached hydrogens (tertiary/aromatic N) is 5. The van der Waals surface area contributed by atoms with Gasteiger partial charge in [0.05, 0.1) is 18.9 Å². The number of carbonyl (C=O) groups is 1. The van der Waals surface area contributed by atoms with Crippen LogP contribution in [0.3, 0.4) is 0 Å². The van der Waals surface area contributed by atoms with Crippen LogP contribution in [0.1, 0.15) is 38.2 Å². The van der Waals surface area contributed by atoms with Gasteiger partial charge in [-0.2, -0.15) is 5.26 Å². The fourth-order valence-corrected chi connectivity index (χ4v) is 3.37. The molecular formula is C21H20N6O3. The third-order valence-electron chi connectivity index (χ3n) is 5.07. The third kappa shape index (κ3) is 3.73. The number of hydrogen-bond donors (Lipinski definition) is 1. The zero-order valence-electron chi connectivity index (χ0n) is 16.7. The average Bonchev–Trinajstić information content (AvgIpc) is 3.37. The molecule has 0 aliphatic carbocycles. The molecule has 1 aliphatic heterocycles. The molecule has 0 unspecified atom stereocenters. The van der Waals surface area contributed by atoms with Gasteiger partial charge in [-0.25, -0.2) is 19.4 Å². The number of carbonyl (C=O) groups excluding carboxylic acids is 1. The monoisotopic (exact) mass is 404 g/mol. The Bertz CT molecular complexity index is 1130. The van der Waals surface area contributed by atoms with E-state index in [1.165, 1.54) is 23.6 Å². The SMILES string of the molecule is COc1nn(-c2ncc(CNCCc3ccc4c(c3C)COC4=O)cn2)cc1C#N. The summed E-state index contributed by atoms with van der Waals surface area (Å²) < 4.78 is 11.6. The van der Waals surface area contributed by atoms with E-state index in [2.05, 4.69) is 20.4 Å². The minimum Gasteiger partial charge on any atom is -0.479 e. The van der Waals surface area contributed by atoms with Gasteiger partial charge in [0.2, 0.25) is 0 Å². The van der Waals surface area contributed by atoms with Crippen molar-refractivity contribution in [1.29, 1.82) is 5.26 Å². The Morgan fingerprint density at radius 3 is 2.83 bits per heavy atom. The molecule has 1 aromatic carbocycles. The van der Waals surface area contributed by atoms with Crippen LogP contribution in [0.4, 0.5) is 0 Å². The maximum Gasteiger partial charge on any atom is 0.338 e. The minimum atomic E-state index is -0.237. The highest BCUT2D eigenvalue weighted by Gasteiger charge is 2.23. The number of benzene rings is 1. The Morgan fingerprint density at radius 1 is 1.33 bits per heavy atom. The fourth-order valence-electron chi connectivity index (χ4n) is 3.37. The number of rotatable bonds is 7. The Hall–Kier alpha value is -3.77. The van der Waals surface area contributed by atoms with Crippen LogP contribution in [0.2, 0.25) is 0 Å². The lowest BCUT2D eigenvalue weighted by Crippen LogP contribution is -2.18. The molecule has 3 heterocycles. The van der Waals surface area contributed by atoms with Crippen LogP contribution >= 0.6 is 0 Å². The van der Waals surface area contributed by atoms with Crippen LogP contribution in [0.5, 0.6) is 5.88 Å². The minimum absolute atomic E-state index is 0.237. The van der Waals surface area contributed by atoms with Gasteiger partial charge < -0.3 is 14.8 Å². The summed E-state index contributed by atoms with van der Waals surface area (Å²) in [6.45, 7) is 3.80. The molecule has 0 bridgehead atoms. The first-order valence-electron chi connectivity index (χ1n) is 9.45. The molecule has 152 valence electrons. The summed E-state index contributed by atoms with van der Waals surface area (Å²) in [5.74, 6) is 0.368. The van der Waals surface area contributed by atoms with Gasteiger partial charge in [-0.05, 0) is 37.1 Å². The summed E-state index contributed by atoms with van der Waals surface area (Å²) in [5, 5.41) is 16.6. The van der Waals surface area contributed by atoms with Gasteiger partial charge in [-0.1, -0.05) is 6.07 Å². The molecule has 0 atom stereocenters. The smallest absolute Gasteiger partial charge is 0.338 e. The van der Waals surface area contributed by atoms with E-state index in [1.54, 1.807) is 12.4 Å². The molecule has 4 rings (SSSR count). The topological polar surface area (TPSA) is 115 Å². The largest absolute Gasteiger partial charge is 0.479 e. The molecule has 0 spiro atoms. The van der Waals surface area contributed by atoms with Gasteiger partial charge in [-0.15, -0.1) is 5.10 Å². The number of hydrogen-bond acceptors (Lipinski definition) is 8. The highest BCUT2D eigenvalue weighted by molar-refractivity contribution is 5.93. The van der Waals surface area contributed by atoms with E-state index in [1.807, 2.05) is 25.1 Å². The number of esters is 1. The molecular weight excluding hydrogens is 384 g/mol. The number of nitrogens with one attached hydrogen (secondary N) is 1. The molecule has 3 aromatic rings. The molecule has 30 heavy (non-hydrogen) atoms. The molecule has 9 nitrogen and oxygen atoms in total. The van der Waals surface area contributed by atoms with Crippen LogP contribution < -0.4 is 10.1 Å². The second-order valence-corrected chi connectivity index (χ2v) is 6.88. The lowest BCUT2D eigenvalue weighted by Gasteiger charge is -2.10. The highest BCUT2D eigenvalue weighted by Crippen LogP contribution is 2.26. The number of ether oxygens (including phenoxy) is 2. The summed E-state index contributed by atoms with van der Waals surface area (Å²) in [6, 6.07) is 5.86. The Morgan fingerprint density at radius 2 is 2.13 bits per heavy atom. The van der Waals surface area contributed by atoms with E-state index in [4.69, 9.17) is 14.7 Å². The van der Waals surface area contributed by atoms with Crippen molar-refractivity contribution < 1.29 is 14.3 Å². The van der Waals surface area contributed by atoms with Gasteiger partial charge in [0.15, 0.2) is 0 Å². The fraction of sp³-hybridized carbons (Fsp3) is 0.286. The van der Waals surface area contributed by atoms with E-state index in [-0.39, 0.29) is 11.8 Å². The molecule has 0 saturated carbocycles. The standard InChI is InChI=1S/C21H20N6O3/c1-13-15(3-4-17-18(13)12-30-20(17)28)5-6-23-8-14-9-24-21(25-10-14)27-11-16(7-22)19(26-27)29-2/h3-4,9-11,23H,5-6,8,12H2,1-2H3. The zero-order chi connectivity index (χ0) is 21.1. The second-order valence-electron chi connectivity index (χ2n) is 6.88. The molecule has 0 radical (unpaired) electrons.